The molecule has 1 aromatic rings. The van der Waals surface area contributed by atoms with Crippen molar-refractivity contribution < 1.29 is 9.53 Å². The minimum Gasteiger partial charge on any atom is -0.466 e. The van der Waals surface area contributed by atoms with Gasteiger partial charge >= 0.3 is 5.97 Å². The molecule has 0 saturated carbocycles. The maximum absolute atomic E-state index is 11.6. The summed E-state index contributed by atoms with van der Waals surface area (Å²) in [6, 6.07) is 3.58. The van der Waals surface area contributed by atoms with Gasteiger partial charge in [0.05, 0.1) is 18.2 Å². The van der Waals surface area contributed by atoms with Crippen molar-refractivity contribution in [3.63, 3.8) is 0 Å². The first-order chi connectivity index (χ1) is 8.70. The van der Waals surface area contributed by atoms with Crippen LogP contribution in [0.3, 0.4) is 0 Å². The van der Waals surface area contributed by atoms with Crippen molar-refractivity contribution in [2.45, 2.75) is 26.2 Å². The number of ether oxygens (including phenoxy) is 1. The Morgan fingerprint density at radius 1 is 1.50 bits per heavy atom. The van der Waals surface area contributed by atoms with Crippen LogP contribution in [-0.4, -0.2) is 22.8 Å². The molecule has 1 aromatic heterocycles. The number of carbonyl (C=O) groups is 1. The Bertz CT molecular complexity index is 457. The Morgan fingerprint density at radius 2 is 2.33 bits per heavy atom. The van der Waals surface area contributed by atoms with E-state index in [1.165, 1.54) is 0 Å². The average molecular weight is 267 g/mol. The van der Waals surface area contributed by atoms with Gasteiger partial charge in [0.1, 0.15) is 0 Å². The molecule has 1 atom stereocenters. The van der Waals surface area contributed by atoms with Gasteiger partial charge in [-0.05, 0) is 43.9 Å². The number of allylic oxidation sites excluding steroid dienone is 2. The molecule has 0 radical (unpaired) electrons. The fraction of sp³-hybridized carbons (Fsp3) is 0.462. The van der Waals surface area contributed by atoms with Crippen molar-refractivity contribution in [1.82, 2.24) is 10.2 Å². The summed E-state index contributed by atoms with van der Waals surface area (Å²) in [5.41, 5.74) is 1.96. The summed E-state index contributed by atoms with van der Waals surface area (Å²) in [5.74, 6) is -0.121. The largest absolute Gasteiger partial charge is 0.466 e. The van der Waals surface area contributed by atoms with Crippen molar-refractivity contribution in [3.05, 3.63) is 29.1 Å². The molecular weight excluding hydrogens is 252 g/mol. The van der Waals surface area contributed by atoms with Crippen molar-refractivity contribution in [2.24, 2.45) is 5.92 Å². The van der Waals surface area contributed by atoms with Crippen LogP contribution in [0, 0.1) is 5.92 Å². The fourth-order valence-corrected chi connectivity index (χ4v) is 2.13. The van der Waals surface area contributed by atoms with Gasteiger partial charge in [-0.3, -0.25) is 4.79 Å². The minimum atomic E-state index is -0.102. The first kappa shape index (κ1) is 13.0. The second-order valence-electron chi connectivity index (χ2n) is 4.19. The third kappa shape index (κ3) is 3.07. The second-order valence-corrected chi connectivity index (χ2v) is 4.58. The number of nitrogens with zero attached hydrogens (tertiary/aromatic N) is 2. The van der Waals surface area contributed by atoms with E-state index in [4.69, 9.17) is 16.3 Å². The standard InChI is InChI=1S/C13H15ClN2O2/c1-2-18-13(17)10-5-3-9(4-6-10)11-7-8-12(14)16-15-11/h3,7-8,10H,2,4-6H2,1H3/t10-/m0/s1. The zero-order chi connectivity index (χ0) is 13.0. The summed E-state index contributed by atoms with van der Waals surface area (Å²) in [7, 11) is 0. The Balaban J connectivity index is 2.02. The Morgan fingerprint density at radius 3 is 2.89 bits per heavy atom. The maximum atomic E-state index is 11.6. The smallest absolute Gasteiger partial charge is 0.309 e. The third-order valence-electron chi connectivity index (χ3n) is 2.99. The lowest BCUT2D eigenvalue weighted by Gasteiger charge is -2.19. The van der Waals surface area contributed by atoms with E-state index in [1.54, 1.807) is 6.07 Å². The zero-order valence-electron chi connectivity index (χ0n) is 10.2. The van der Waals surface area contributed by atoms with E-state index in [-0.39, 0.29) is 11.9 Å². The second kappa shape index (κ2) is 5.96. The average Bonchev–Trinajstić information content (AvgIpc) is 2.40. The minimum absolute atomic E-state index is 0.0195. The molecule has 0 N–H and O–H groups in total. The van der Waals surface area contributed by atoms with Gasteiger partial charge in [-0.1, -0.05) is 17.7 Å². The predicted molar refractivity (Wildman–Crippen MR) is 69.0 cm³/mol. The van der Waals surface area contributed by atoms with E-state index in [2.05, 4.69) is 10.2 Å². The molecule has 0 saturated heterocycles. The molecule has 5 heteroatoms. The molecule has 1 aliphatic carbocycles. The molecule has 0 amide bonds. The maximum Gasteiger partial charge on any atom is 0.309 e. The van der Waals surface area contributed by atoms with Gasteiger partial charge in [-0.25, -0.2) is 0 Å². The van der Waals surface area contributed by atoms with Crippen molar-refractivity contribution >= 4 is 23.1 Å². The predicted octanol–water partition coefficient (Wildman–Crippen LogP) is 2.88. The number of rotatable bonds is 3. The number of hydrogen-bond donors (Lipinski definition) is 0. The molecule has 0 aromatic carbocycles. The molecule has 1 aliphatic rings. The van der Waals surface area contributed by atoms with Crippen LogP contribution in [0.15, 0.2) is 18.2 Å². The number of carbonyl (C=O) groups excluding carboxylic acids is 1. The lowest BCUT2D eigenvalue weighted by Crippen LogP contribution is -2.19. The van der Waals surface area contributed by atoms with Crippen LogP contribution in [-0.2, 0) is 9.53 Å². The highest BCUT2D eigenvalue weighted by atomic mass is 35.5. The molecule has 0 fully saturated rings. The lowest BCUT2D eigenvalue weighted by molar-refractivity contribution is -0.148. The Labute approximate surface area is 111 Å². The highest BCUT2D eigenvalue weighted by Crippen LogP contribution is 2.29. The summed E-state index contributed by atoms with van der Waals surface area (Å²) in [6.07, 6.45) is 4.37. The highest BCUT2D eigenvalue weighted by Gasteiger charge is 2.23. The SMILES string of the molecule is CCOC(=O)[C@H]1CC=C(c2ccc(Cl)nn2)CC1. The molecule has 0 aliphatic heterocycles. The Hall–Kier alpha value is -1.42. The first-order valence-corrected chi connectivity index (χ1v) is 6.43. The first-order valence-electron chi connectivity index (χ1n) is 6.06. The van der Waals surface area contributed by atoms with Gasteiger partial charge in [0.2, 0.25) is 0 Å². The van der Waals surface area contributed by atoms with Gasteiger partial charge in [0.15, 0.2) is 5.15 Å². The van der Waals surface area contributed by atoms with E-state index in [9.17, 15) is 4.79 Å². The molecule has 2 rings (SSSR count). The summed E-state index contributed by atoms with van der Waals surface area (Å²) < 4.78 is 5.02. The van der Waals surface area contributed by atoms with Crippen molar-refractivity contribution in [1.29, 1.82) is 0 Å². The number of aromatic nitrogens is 2. The number of hydrogen-bond acceptors (Lipinski definition) is 4. The summed E-state index contributed by atoms with van der Waals surface area (Å²) in [6.45, 7) is 2.26. The molecule has 18 heavy (non-hydrogen) atoms. The number of esters is 1. The molecule has 0 unspecified atom stereocenters. The topological polar surface area (TPSA) is 52.1 Å². The van der Waals surface area contributed by atoms with Crippen LogP contribution in [0.4, 0.5) is 0 Å². The van der Waals surface area contributed by atoms with E-state index < -0.39 is 0 Å². The van der Waals surface area contributed by atoms with Gasteiger partial charge in [-0.15, -0.1) is 10.2 Å². The quantitative estimate of drug-likeness (QED) is 0.790. The number of halogens is 1. The van der Waals surface area contributed by atoms with E-state index in [0.717, 1.165) is 24.1 Å². The molecule has 4 nitrogen and oxygen atoms in total. The highest BCUT2D eigenvalue weighted by molar-refractivity contribution is 6.29. The van der Waals surface area contributed by atoms with E-state index in [0.29, 0.717) is 18.2 Å². The van der Waals surface area contributed by atoms with Crippen LogP contribution < -0.4 is 0 Å². The van der Waals surface area contributed by atoms with Crippen molar-refractivity contribution in [2.75, 3.05) is 6.61 Å². The normalized spacial score (nSPS) is 19.2. The molecule has 96 valence electrons. The van der Waals surface area contributed by atoms with Crippen molar-refractivity contribution in [3.8, 4) is 0 Å². The molecule has 0 bridgehead atoms. The third-order valence-corrected chi connectivity index (χ3v) is 3.19. The molecule has 0 spiro atoms. The summed E-state index contributed by atoms with van der Waals surface area (Å²) in [5, 5.41) is 8.25. The van der Waals surface area contributed by atoms with Gasteiger partial charge in [-0.2, -0.15) is 0 Å². The summed E-state index contributed by atoms with van der Waals surface area (Å²) >= 11 is 5.70. The van der Waals surface area contributed by atoms with E-state index >= 15 is 0 Å². The van der Waals surface area contributed by atoms with Gasteiger partial charge in [0.25, 0.3) is 0 Å². The zero-order valence-corrected chi connectivity index (χ0v) is 11.0. The lowest BCUT2D eigenvalue weighted by atomic mass is 9.88. The van der Waals surface area contributed by atoms with Gasteiger partial charge in [0, 0.05) is 0 Å². The van der Waals surface area contributed by atoms with Gasteiger partial charge < -0.3 is 4.74 Å². The van der Waals surface area contributed by atoms with Crippen LogP contribution in [0.1, 0.15) is 31.9 Å². The Kier molecular flexibility index (Phi) is 4.31. The molecule has 1 heterocycles. The van der Waals surface area contributed by atoms with E-state index in [1.807, 2.05) is 19.1 Å². The van der Waals surface area contributed by atoms with Crippen LogP contribution in [0.5, 0.6) is 0 Å². The van der Waals surface area contributed by atoms with Crippen LogP contribution >= 0.6 is 11.6 Å². The summed E-state index contributed by atoms with van der Waals surface area (Å²) in [4.78, 5) is 11.6. The molecular formula is C13H15ClN2O2. The van der Waals surface area contributed by atoms with Crippen LogP contribution in [0.2, 0.25) is 5.15 Å². The van der Waals surface area contributed by atoms with Crippen LogP contribution in [0.25, 0.3) is 5.57 Å². The monoisotopic (exact) mass is 266 g/mol. The fourth-order valence-electron chi connectivity index (χ4n) is 2.03.